The van der Waals surface area contributed by atoms with Crippen LogP contribution < -0.4 is 15.5 Å². The Kier molecular flexibility index (Phi) is 3.89. The van der Waals surface area contributed by atoms with E-state index in [1.54, 1.807) is 6.20 Å². The van der Waals surface area contributed by atoms with Crippen molar-refractivity contribution in [2.75, 3.05) is 36.0 Å². The topological polar surface area (TPSA) is 69.2 Å². The van der Waals surface area contributed by atoms with Crippen molar-refractivity contribution in [2.45, 2.75) is 12.8 Å². The van der Waals surface area contributed by atoms with E-state index in [-0.39, 0.29) is 5.84 Å². The van der Waals surface area contributed by atoms with E-state index in [9.17, 15) is 0 Å². The summed E-state index contributed by atoms with van der Waals surface area (Å²) in [7, 11) is 0. The van der Waals surface area contributed by atoms with Crippen LogP contribution in [-0.2, 0) is 0 Å². The minimum atomic E-state index is 0.0978. The van der Waals surface area contributed by atoms with Gasteiger partial charge >= 0.3 is 0 Å². The number of hydrogen-bond acceptors (Lipinski definition) is 5. The van der Waals surface area contributed by atoms with Crippen LogP contribution in [0, 0.1) is 10.8 Å². The molecule has 0 amide bonds. The van der Waals surface area contributed by atoms with Crippen molar-refractivity contribution in [2.24, 2.45) is 11.1 Å². The number of nitrogens with one attached hydrogen (secondary N) is 1. The van der Waals surface area contributed by atoms with Gasteiger partial charge in [-0.15, -0.1) is 0 Å². The number of nitrogens with two attached hydrogens (primary N) is 1. The molecule has 7 heteroatoms. The molecule has 2 aromatic rings. The van der Waals surface area contributed by atoms with E-state index in [0.29, 0.717) is 5.41 Å². The predicted molar refractivity (Wildman–Crippen MR) is 101 cm³/mol. The molecule has 0 aliphatic carbocycles. The zero-order valence-corrected chi connectivity index (χ0v) is 14.9. The highest BCUT2D eigenvalue weighted by molar-refractivity contribution is 7.17. The fraction of sp³-hybridized carbons (Fsp3) is 0.412. The van der Waals surface area contributed by atoms with Crippen LogP contribution in [0.2, 0.25) is 5.02 Å². The minimum Gasteiger partial charge on any atom is -0.383 e. The Morgan fingerprint density at radius 1 is 1.25 bits per heavy atom. The number of hydrogen-bond donors (Lipinski definition) is 2. The Morgan fingerprint density at radius 3 is 2.71 bits per heavy atom. The summed E-state index contributed by atoms with van der Waals surface area (Å²) in [5.41, 5.74) is 7.09. The molecule has 4 rings (SSSR count). The van der Waals surface area contributed by atoms with Gasteiger partial charge < -0.3 is 15.5 Å². The fourth-order valence-electron chi connectivity index (χ4n) is 3.80. The Balaban J connectivity index is 1.47. The third kappa shape index (κ3) is 2.84. The van der Waals surface area contributed by atoms with Crippen LogP contribution >= 0.6 is 22.9 Å². The number of benzene rings is 1. The van der Waals surface area contributed by atoms with E-state index < -0.39 is 0 Å². The van der Waals surface area contributed by atoms with Crippen molar-refractivity contribution >= 4 is 39.6 Å². The lowest BCUT2D eigenvalue weighted by Crippen LogP contribution is -2.30. The van der Waals surface area contributed by atoms with E-state index >= 15 is 0 Å². The average Bonchev–Trinajstić information content (AvgIpc) is 3.28. The maximum atomic E-state index is 7.53. The average molecular weight is 362 g/mol. The van der Waals surface area contributed by atoms with Crippen LogP contribution in [0.1, 0.15) is 17.7 Å². The smallest absolute Gasteiger partial charge is 0.185 e. The highest BCUT2D eigenvalue weighted by Gasteiger charge is 2.44. The van der Waals surface area contributed by atoms with E-state index in [1.165, 1.54) is 29.9 Å². The molecule has 1 aromatic carbocycles. The van der Waals surface area contributed by atoms with Gasteiger partial charge in [0.2, 0.25) is 0 Å². The lowest BCUT2D eigenvalue weighted by molar-refractivity contribution is 0.374. The molecule has 3 N–H and O–H groups in total. The van der Waals surface area contributed by atoms with Gasteiger partial charge in [0.25, 0.3) is 0 Å². The minimum absolute atomic E-state index is 0.0978. The van der Waals surface area contributed by atoms with E-state index in [2.05, 4.69) is 20.9 Å². The van der Waals surface area contributed by atoms with Crippen molar-refractivity contribution in [3.63, 3.8) is 0 Å². The van der Waals surface area contributed by atoms with Crippen LogP contribution in [0.5, 0.6) is 0 Å². The summed E-state index contributed by atoms with van der Waals surface area (Å²) < 4.78 is 0. The summed E-state index contributed by atoms with van der Waals surface area (Å²) >= 11 is 7.65. The summed E-state index contributed by atoms with van der Waals surface area (Å²) in [4.78, 5) is 9.99. The van der Waals surface area contributed by atoms with E-state index in [0.717, 1.165) is 41.2 Å². The zero-order valence-electron chi connectivity index (χ0n) is 13.3. The van der Waals surface area contributed by atoms with Crippen molar-refractivity contribution in [1.29, 1.82) is 5.41 Å². The highest BCUT2D eigenvalue weighted by atomic mass is 35.5. The van der Waals surface area contributed by atoms with Crippen molar-refractivity contribution in [3.8, 4) is 0 Å². The molecule has 2 saturated heterocycles. The number of amidine groups is 1. The molecular formula is C17H20ClN5S. The van der Waals surface area contributed by atoms with Crippen LogP contribution in [-0.4, -0.2) is 37.0 Å². The lowest BCUT2D eigenvalue weighted by atomic mass is 9.86. The summed E-state index contributed by atoms with van der Waals surface area (Å²) in [6.07, 6.45) is 4.08. The number of halogens is 1. The maximum Gasteiger partial charge on any atom is 0.185 e. The first kappa shape index (κ1) is 15.7. The van der Waals surface area contributed by atoms with Crippen LogP contribution in [0.4, 0.5) is 10.8 Å². The van der Waals surface area contributed by atoms with Gasteiger partial charge in [0.1, 0.15) is 5.84 Å². The molecular weight excluding hydrogens is 342 g/mol. The summed E-state index contributed by atoms with van der Waals surface area (Å²) in [6.45, 7) is 4.18. The fourth-order valence-corrected chi connectivity index (χ4v) is 4.78. The third-order valence-corrected chi connectivity index (χ3v) is 6.41. The molecule has 0 saturated carbocycles. The summed E-state index contributed by atoms with van der Waals surface area (Å²) in [6, 6.07) is 8.12. The summed E-state index contributed by atoms with van der Waals surface area (Å²) in [5, 5.41) is 9.31. The number of aromatic nitrogens is 1. The van der Waals surface area contributed by atoms with Crippen molar-refractivity contribution < 1.29 is 0 Å². The van der Waals surface area contributed by atoms with Crippen molar-refractivity contribution in [1.82, 2.24) is 4.98 Å². The summed E-state index contributed by atoms with van der Waals surface area (Å²) in [5.74, 6) is 0.0978. The van der Waals surface area contributed by atoms with Gasteiger partial charge in [0, 0.05) is 42.3 Å². The first-order valence-electron chi connectivity index (χ1n) is 8.10. The quantitative estimate of drug-likeness (QED) is 0.650. The molecule has 3 heterocycles. The third-order valence-electron chi connectivity index (χ3n) is 5.08. The molecule has 1 aromatic heterocycles. The predicted octanol–water partition coefficient (Wildman–Crippen LogP) is 3.19. The van der Waals surface area contributed by atoms with Crippen LogP contribution in [0.3, 0.4) is 0 Å². The normalized spacial score (nSPS) is 23.4. The molecule has 24 heavy (non-hydrogen) atoms. The molecule has 0 bridgehead atoms. The largest absolute Gasteiger partial charge is 0.383 e. The molecule has 1 unspecified atom stereocenters. The molecule has 2 aliphatic rings. The van der Waals surface area contributed by atoms with Gasteiger partial charge in [-0.1, -0.05) is 29.0 Å². The standard InChI is InChI=1S/C17H20ClN5S/c18-12-2-1-3-13(8-12)22-6-4-17(10-22)5-7-23(11-17)16-21-9-14(24-16)15(19)20/h1-3,8-9H,4-7,10-11H2,(H3,19,20). The van der Waals surface area contributed by atoms with Crippen molar-refractivity contribution in [3.05, 3.63) is 40.4 Å². The Bertz CT molecular complexity index is 776. The Labute approximate surface area is 150 Å². The molecule has 1 atom stereocenters. The second kappa shape index (κ2) is 5.93. The highest BCUT2D eigenvalue weighted by Crippen LogP contribution is 2.43. The number of anilines is 2. The molecule has 2 aliphatic heterocycles. The second-order valence-electron chi connectivity index (χ2n) is 6.74. The van der Waals surface area contributed by atoms with Gasteiger partial charge in [-0.2, -0.15) is 0 Å². The van der Waals surface area contributed by atoms with E-state index in [4.69, 9.17) is 22.7 Å². The number of nitrogens with zero attached hydrogens (tertiary/aromatic N) is 3. The second-order valence-corrected chi connectivity index (χ2v) is 8.19. The zero-order chi connectivity index (χ0) is 16.7. The van der Waals surface area contributed by atoms with Gasteiger partial charge in [-0.25, -0.2) is 4.98 Å². The van der Waals surface area contributed by atoms with Crippen LogP contribution in [0.15, 0.2) is 30.5 Å². The number of thiazole rings is 1. The molecule has 126 valence electrons. The Morgan fingerprint density at radius 2 is 2.00 bits per heavy atom. The number of rotatable bonds is 3. The molecule has 5 nitrogen and oxygen atoms in total. The monoisotopic (exact) mass is 361 g/mol. The van der Waals surface area contributed by atoms with Gasteiger partial charge in [0.05, 0.1) is 11.1 Å². The molecule has 1 spiro atoms. The molecule has 2 fully saturated rings. The lowest BCUT2D eigenvalue weighted by Gasteiger charge is -2.25. The number of nitrogen functional groups attached to an aromatic ring is 1. The first-order chi connectivity index (χ1) is 11.5. The first-order valence-corrected chi connectivity index (χ1v) is 9.30. The van der Waals surface area contributed by atoms with Crippen LogP contribution in [0.25, 0.3) is 0 Å². The SMILES string of the molecule is N=C(N)c1cnc(N2CCC3(CCN(c4cccc(Cl)c4)C3)C2)s1. The van der Waals surface area contributed by atoms with Gasteiger partial charge in [-0.3, -0.25) is 5.41 Å². The molecule has 0 radical (unpaired) electrons. The maximum absolute atomic E-state index is 7.53. The van der Waals surface area contributed by atoms with E-state index in [1.807, 2.05) is 18.2 Å². The van der Waals surface area contributed by atoms with Gasteiger partial charge in [0.15, 0.2) is 5.13 Å². The Hall–Kier alpha value is -1.79. The van der Waals surface area contributed by atoms with Gasteiger partial charge in [-0.05, 0) is 31.0 Å².